The fraction of sp³-hybridized carbons (Fsp3) is 0.143. The molecule has 0 atom stereocenters. The van der Waals surface area contributed by atoms with Crippen molar-refractivity contribution >= 4 is 29.0 Å². The third kappa shape index (κ3) is 3.42. The lowest BCUT2D eigenvalue weighted by Gasteiger charge is -2.08. The van der Waals surface area contributed by atoms with Crippen molar-refractivity contribution in [1.29, 1.82) is 0 Å². The van der Waals surface area contributed by atoms with Crippen molar-refractivity contribution in [1.82, 2.24) is 14.6 Å². The largest absolute Gasteiger partial charge is 0.417 e. The molecule has 120 valence electrons. The van der Waals surface area contributed by atoms with Gasteiger partial charge in [0, 0.05) is 11.9 Å². The average molecular weight is 362 g/mol. The maximum absolute atomic E-state index is 13.1. The van der Waals surface area contributed by atoms with Gasteiger partial charge in [-0.3, -0.25) is 4.40 Å². The zero-order valence-electron chi connectivity index (χ0n) is 11.3. The van der Waals surface area contributed by atoms with E-state index in [0.29, 0.717) is 11.3 Å². The van der Waals surface area contributed by atoms with Gasteiger partial charge in [-0.15, -0.1) is 10.2 Å². The van der Waals surface area contributed by atoms with Gasteiger partial charge in [0.25, 0.3) is 0 Å². The van der Waals surface area contributed by atoms with E-state index in [4.69, 9.17) is 11.6 Å². The molecule has 23 heavy (non-hydrogen) atoms. The molecule has 0 aliphatic rings. The Balaban J connectivity index is 1.93. The molecule has 2 aromatic heterocycles. The van der Waals surface area contributed by atoms with Crippen LogP contribution >= 0.6 is 23.4 Å². The van der Waals surface area contributed by atoms with Crippen LogP contribution in [-0.4, -0.2) is 14.6 Å². The topological polar surface area (TPSA) is 30.2 Å². The van der Waals surface area contributed by atoms with Crippen LogP contribution in [0.25, 0.3) is 5.65 Å². The van der Waals surface area contributed by atoms with Gasteiger partial charge in [0.15, 0.2) is 10.8 Å². The molecule has 0 N–H and O–H groups in total. The monoisotopic (exact) mass is 361 g/mol. The molecule has 0 saturated heterocycles. The van der Waals surface area contributed by atoms with Gasteiger partial charge in [-0.05, 0) is 23.8 Å². The van der Waals surface area contributed by atoms with Crippen LogP contribution in [0.1, 0.15) is 11.1 Å². The first-order valence-electron chi connectivity index (χ1n) is 6.33. The van der Waals surface area contributed by atoms with E-state index >= 15 is 0 Å². The van der Waals surface area contributed by atoms with E-state index in [-0.39, 0.29) is 21.6 Å². The second kappa shape index (κ2) is 6.01. The molecule has 0 saturated carbocycles. The van der Waals surface area contributed by atoms with E-state index in [1.165, 1.54) is 16.5 Å². The Kier molecular flexibility index (Phi) is 4.20. The highest BCUT2D eigenvalue weighted by atomic mass is 35.5. The second-order valence-electron chi connectivity index (χ2n) is 4.67. The van der Waals surface area contributed by atoms with Crippen molar-refractivity contribution in [3.05, 3.63) is 58.5 Å². The smallest absolute Gasteiger partial charge is 0.276 e. The molecule has 0 spiro atoms. The molecule has 3 aromatic rings. The van der Waals surface area contributed by atoms with Crippen LogP contribution in [0.3, 0.4) is 0 Å². The van der Waals surface area contributed by atoms with Crippen LogP contribution in [0.15, 0.2) is 41.7 Å². The highest BCUT2D eigenvalue weighted by molar-refractivity contribution is 7.98. The van der Waals surface area contributed by atoms with Crippen molar-refractivity contribution in [3.63, 3.8) is 0 Å². The number of hydrogen-bond acceptors (Lipinski definition) is 3. The summed E-state index contributed by atoms with van der Waals surface area (Å²) in [6.07, 6.45) is -3.62. The summed E-state index contributed by atoms with van der Waals surface area (Å²) in [6, 6.07) is 6.76. The molecule has 0 bridgehead atoms. The summed E-state index contributed by atoms with van der Waals surface area (Å²) in [5, 5.41) is 7.75. The quantitative estimate of drug-likeness (QED) is 0.494. The molecule has 0 amide bonds. The fourth-order valence-corrected chi connectivity index (χ4v) is 3.06. The number of pyridine rings is 1. The molecule has 0 fully saturated rings. The van der Waals surface area contributed by atoms with Gasteiger partial charge in [-0.1, -0.05) is 35.5 Å². The van der Waals surface area contributed by atoms with Crippen LogP contribution in [0.2, 0.25) is 5.02 Å². The van der Waals surface area contributed by atoms with E-state index in [0.717, 1.165) is 24.0 Å². The highest BCUT2D eigenvalue weighted by Crippen LogP contribution is 2.33. The zero-order valence-corrected chi connectivity index (χ0v) is 12.9. The van der Waals surface area contributed by atoms with E-state index < -0.39 is 11.7 Å². The van der Waals surface area contributed by atoms with E-state index in [2.05, 4.69) is 10.2 Å². The van der Waals surface area contributed by atoms with Crippen molar-refractivity contribution in [2.45, 2.75) is 17.1 Å². The summed E-state index contributed by atoms with van der Waals surface area (Å²) in [4.78, 5) is 0. The lowest BCUT2D eigenvalue weighted by Crippen LogP contribution is -2.07. The lowest BCUT2D eigenvalue weighted by atomic mass is 10.2. The maximum Gasteiger partial charge on any atom is 0.417 e. The third-order valence-corrected chi connectivity index (χ3v) is 4.31. The van der Waals surface area contributed by atoms with E-state index in [1.807, 2.05) is 0 Å². The minimum atomic E-state index is -4.52. The predicted octanol–water partition coefficient (Wildman–Crippen LogP) is 4.83. The van der Waals surface area contributed by atoms with Crippen LogP contribution in [0, 0.1) is 5.82 Å². The molecule has 0 radical (unpaired) electrons. The molecule has 0 unspecified atom stereocenters. The SMILES string of the molecule is Fc1cccc(CSc2nnc3c(Cl)cc(C(F)(F)F)cn23)c1. The lowest BCUT2D eigenvalue weighted by molar-refractivity contribution is -0.137. The average Bonchev–Trinajstić information content (AvgIpc) is 2.88. The Morgan fingerprint density at radius 2 is 1.96 bits per heavy atom. The number of rotatable bonds is 3. The molecule has 0 aliphatic heterocycles. The number of aromatic nitrogens is 3. The van der Waals surface area contributed by atoms with Crippen LogP contribution < -0.4 is 0 Å². The van der Waals surface area contributed by atoms with Gasteiger partial charge < -0.3 is 0 Å². The number of halogens is 5. The van der Waals surface area contributed by atoms with Crippen molar-refractivity contribution < 1.29 is 17.6 Å². The summed E-state index contributed by atoms with van der Waals surface area (Å²) in [5.74, 6) is -0.0384. The number of nitrogens with zero attached hydrogens (tertiary/aromatic N) is 3. The van der Waals surface area contributed by atoms with Gasteiger partial charge in [0.2, 0.25) is 0 Å². The molecular weight excluding hydrogens is 354 g/mol. The number of hydrogen-bond donors (Lipinski definition) is 0. The highest BCUT2D eigenvalue weighted by Gasteiger charge is 2.32. The minimum Gasteiger partial charge on any atom is -0.276 e. The summed E-state index contributed by atoms with van der Waals surface area (Å²) in [6.45, 7) is 0. The van der Waals surface area contributed by atoms with Gasteiger partial charge in [0.05, 0.1) is 10.6 Å². The molecule has 1 aromatic carbocycles. The summed E-state index contributed by atoms with van der Waals surface area (Å²) < 4.78 is 52.9. The Bertz CT molecular complexity index is 863. The van der Waals surface area contributed by atoms with Crippen molar-refractivity contribution in [2.24, 2.45) is 0 Å². The molecule has 2 heterocycles. The summed E-state index contributed by atoms with van der Waals surface area (Å²) in [5.41, 5.74) is -0.0614. The number of fused-ring (bicyclic) bond motifs is 1. The molecule has 0 aliphatic carbocycles. The predicted molar refractivity (Wildman–Crippen MR) is 79.0 cm³/mol. The normalized spacial score (nSPS) is 12.0. The Morgan fingerprint density at radius 1 is 1.17 bits per heavy atom. The Hall–Kier alpha value is -1.80. The van der Waals surface area contributed by atoms with Gasteiger partial charge in [0.1, 0.15) is 5.82 Å². The summed E-state index contributed by atoms with van der Waals surface area (Å²) >= 11 is 6.98. The Labute approximate surface area is 137 Å². The van der Waals surface area contributed by atoms with Gasteiger partial charge >= 0.3 is 6.18 Å². The summed E-state index contributed by atoms with van der Waals surface area (Å²) in [7, 11) is 0. The van der Waals surface area contributed by atoms with Gasteiger partial charge in [-0.25, -0.2) is 4.39 Å². The van der Waals surface area contributed by atoms with Crippen LogP contribution in [0.4, 0.5) is 17.6 Å². The number of thioether (sulfide) groups is 1. The van der Waals surface area contributed by atoms with Crippen molar-refractivity contribution in [2.75, 3.05) is 0 Å². The fourth-order valence-electron chi connectivity index (χ4n) is 1.96. The molecule has 3 nitrogen and oxygen atoms in total. The standard InChI is InChI=1S/C14H8ClF4N3S/c15-11-5-9(14(17,18)19)6-22-12(11)20-21-13(22)23-7-8-2-1-3-10(16)4-8/h1-6H,7H2. The Morgan fingerprint density at radius 3 is 2.65 bits per heavy atom. The first-order chi connectivity index (χ1) is 10.8. The van der Waals surface area contributed by atoms with Gasteiger partial charge in [-0.2, -0.15) is 13.2 Å². The molecule has 3 rings (SSSR count). The van der Waals surface area contributed by atoms with Crippen LogP contribution in [0.5, 0.6) is 0 Å². The minimum absolute atomic E-state index is 0.134. The van der Waals surface area contributed by atoms with E-state index in [1.54, 1.807) is 12.1 Å². The second-order valence-corrected chi connectivity index (χ2v) is 6.02. The maximum atomic E-state index is 13.1. The first-order valence-corrected chi connectivity index (χ1v) is 7.69. The van der Waals surface area contributed by atoms with Crippen LogP contribution in [-0.2, 0) is 11.9 Å². The number of benzene rings is 1. The molecular formula is C14H8ClF4N3S. The van der Waals surface area contributed by atoms with Crippen molar-refractivity contribution in [3.8, 4) is 0 Å². The molecule has 9 heteroatoms. The third-order valence-electron chi connectivity index (χ3n) is 3.01. The first kappa shape index (κ1) is 16.1. The number of alkyl halides is 3. The van der Waals surface area contributed by atoms with E-state index in [9.17, 15) is 17.6 Å². The zero-order chi connectivity index (χ0) is 16.6.